The van der Waals surface area contributed by atoms with Gasteiger partial charge in [0.15, 0.2) is 5.22 Å². The second-order valence-corrected chi connectivity index (χ2v) is 4.56. The van der Waals surface area contributed by atoms with E-state index in [1.807, 2.05) is 22.9 Å². The summed E-state index contributed by atoms with van der Waals surface area (Å²) in [6.07, 6.45) is -0.475. The van der Waals surface area contributed by atoms with Crippen LogP contribution in [0.1, 0.15) is 17.4 Å². The lowest BCUT2D eigenvalue weighted by Crippen LogP contribution is -2.20. The molecule has 5 heteroatoms. The van der Waals surface area contributed by atoms with E-state index in [2.05, 4.69) is 5.32 Å². The summed E-state index contributed by atoms with van der Waals surface area (Å²) in [6, 6.07) is 5.43. The van der Waals surface area contributed by atoms with Gasteiger partial charge in [0.2, 0.25) is 0 Å². The Morgan fingerprint density at radius 2 is 2.31 bits per heavy atom. The van der Waals surface area contributed by atoms with Crippen LogP contribution in [0.4, 0.5) is 0 Å². The second-order valence-electron chi connectivity index (χ2n) is 3.41. The van der Waals surface area contributed by atoms with E-state index in [4.69, 9.17) is 16.0 Å². The van der Waals surface area contributed by atoms with Crippen molar-refractivity contribution in [3.8, 4) is 0 Å². The zero-order valence-corrected chi connectivity index (χ0v) is 10.1. The molecular weight excluding hydrogens is 246 g/mol. The molecule has 0 spiro atoms. The van der Waals surface area contributed by atoms with Gasteiger partial charge in [-0.15, -0.1) is 0 Å². The van der Waals surface area contributed by atoms with Crippen molar-refractivity contribution in [3.63, 3.8) is 0 Å². The highest BCUT2D eigenvalue weighted by Crippen LogP contribution is 2.16. The smallest absolute Gasteiger partial charge is 0.193 e. The van der Waals surface area contributed by atoms with Gasteiger partial charge in [-0.05, 0) is 46.1 Å². The molecule has 2 heterocycles. The van der Waals surface area contributed by atoms with Gasteiger partial charge >= 0.3 is 0 Å². The predicted octanol–water partition coefficient (Wildman–Crippen LogP) is 2.82. The number of hydrogen-bond acceptors (Lipinski definition) is 4. The first-order valence-corrected chi connectivity index (χ1v) is 6.23. The minimum absolute atomic E-state index is 0.384. The van der Waals surface area contributed by atoms with E-state index in [1.54, 1.807) is 17.4 Å². The van der Waals surface area contributed by atoms with Crippen molar-refractivity contribution in [2.75, 3.05) is 6.54 Å². The SMILES string of the molecule is OC(CNCc1ccc(Cl)o1)c1ccsc1. The Bertz CT molecular complexity index is 427. The first kappa shape index (κ1) is 11.7. The molecule has 16 heavy (non-hydrogen) atoms. The minimum Gasteiger partial charge on any atom is -0.448 e. The van der Waals surface area contributed by atoms with Crippen molar-refractivity contribution >= 4 is 22.9 Å². The highest BCUT2D eigenvalue weighted by atomic mass is 35.5. The lowest BCUT2D eigenvalue weighted by Gasteiger charge is -2.09. The maximum Gasteiger partial charge on any atom is 0.193 e. The van der Waals surface area contributed by atoms with Crippen molar-refractivity contribution < 1.29 is 9.52 Å². The van der Waals surface area contributed by atoms with Gasteiger partial charge in [-0.2, -0.15) is 11.3 Å². The van der Waals surface area contributed by atoms with Crippen LogP contribution < -0.4 is 5.32 Å². The molecule has 0 amide bonds. The van der Waals surface area contributed by atoms with Crippen LogP contribution in [0.15, 0.2) is 33.4 Å². The monoisotopic (exact) mass is 257 g/mol. The lowest BCUT2D eigenvalue weighted by molar-refractivity contribution is 0.174. The summed E-state index contributed by atoms with van der Waals surface area (Å²) in [4.78, 5) is 0. The van der Waals surface area contributed by atoms with Gasteiger partial charge in [0, 0.05) is 6.54 Å². The molecule has 2 N–H and O–H groups in total. The first-order valence-electron chi connectivity index (χ1n) is 4.91. The summed E-state index contributed by atoms with van der Waals surface area (Å²) in [5.74, 6) is 0.766. The molecule has 3 nitrogen and oxygen atoms in total. The van der Waals surface area contributed by atoms with Gasteiger partial charge in [0.25, 0.3) is 0 Å². The van der Waals surface area contributed by atoms with E-state index in [0.717, 1.165) is 11.3 Å². The van der Waals surface area contributed by atoms with Crippen molar-refractivity contribution in [2.24, 2.45) is 0 Å². The number of rotatable bonds is 5. The van der Waals surface area contributed by atoms with Gasteiger partial charge in [-0.1, -0.05) is 0 Å². The minimum atomic E-state index is -0.475. The molecule has 0 saturated carbocycles. The van der Waals surface area contributed by atoms with Crippen LogP contribution >= 0.6 is 22.9 Å². The third-order valence-corrected chi connectivity index (χ3v) is 3.10. The highest BCUT2D eigenvalue weighted by Gasteiger charge is 2.07. The summed E-state index contributed by atoms with van der Waals surface area (Å²) in [5, 5.41) is 17.2. The Balaban J connectivity index is 1.76. The predicted molar refractivity (Wildman–Crippen MR) is 64.7 cm³/mol. The third-order valence-electron chi connectivity index (χ3n) is 2.19. The Morgan fingerprint density at radius 3 is 2.94 bits per heavy atom. The normalized spacial score (nSPS) is 12.9. The van der Waals surface area contributed by atoms with Gasteiger partial charge in [0.05, 0.1) is 12.6 Å². The van der Waals surface area contributed by atoms with Crippen LogP contribution in [0.5, 0.6) is 0 Å². The number of aliphatic hydroxyl groups excluding tert-OH is 1. The van der Waals surface area contributed by atoms with E-state index in [0.29, 0.717) is 18.3 Å². The van der Waals surface area contributed by atoms with Crippen molar-refractivity contribution in [2.45, 2.75) is 12.6 Å². The summed E-state index contributed by atoms with van der Waals surface area (Å²) < 4.78 is 5.18. The number of hydrogen-bond donors (Lipinski definition) is 2. The zero-order chi connectivity index (χ0) is 11.4. The standard InChI is InChI=1S/C11H12ClNO2S/c12-11-2-1-9(15-11)5-13-6-10(14)8-3-4-16-7-8/h1-4,7,10,13-14H,5-6H2. The fourth-order valence-electron chi connectivity index (χ4n) is 1.36. The van der Waals surface area contributed by atoms with Crippen LogP contribution in [-0.4, -0.2) is 11.7 Å². The Labute approximate surface area is 103 Å². The molecule has 2 aromatic heterocycles. The van der Waals surface area contributed by atoms with Crippen molar-refractivity contribution in [3.05, 3.63) is 45.5 Å². The van der Waals surface area contributed by atoms with E-state index < -0.39 is 6.10 Å². The second kappa shape index (κ2) is 5.50. The van der Waals surface area contributed by atoms with E-state index in [1.165, 1.54) is 0 Å². The number of furan rings is 1. The molecule has 1 unspecified atom stereocenters. The third kappa shape index (κ3) is 3.09. The molecule has 86 valence electrons. The summed E-state index contributed by atoms with van der Waals surface area (Å²) >= 11 is 7.22. The molecule has 0 fully saturated rings. The fraction of sp³-hybridized carbons (Fsp3) is 0.273. The summed E-state index contributed by atoms with van der Waals surface area (Å²) in [7, 11) is 0. The molecule has 2 aromatic rings. The number of aliphatic hydroxyl groups is 1. The molecular formula is C11H12ClNO2S. The molecule has 0 aliphatic heterocycles. The van der Waals surface area contributed by atoms with E-state index in [-0.39, 0.29) is 0 Å². The van der Waals surface area contributed by atoms with Gasteiger partial charge in [-0.3, -0.25) is 0 Å². The van der Waals surface area contributed by atoms with Gasteiger partial charge in [0.1, 0.15) is 5.76 Å². The van der Waals surface area contributed by atoms with Crippen molar-refractivity contribution in [1.82, 2.24) is 5.32 Å². The number of halogens is 1. The quantitative estimate of drug-likeness (QED) is 0.866. The Morgan fingerprint density at radius 1 is 1.44 bits per heavy atom. The largest absolute Gasteiger partial charge is 0.448 e. The summed E-state index contributed by atoms with van der Waals surface area (Å²) in [6.45, 7) is 1.06. The molecule has 2 rings (SSSR count). The molecule has 0 radical (unpaired) electrons. The average molecular weight is 258 g/mol. The lowest BCUT2D eigenvalue weighted by atomic mass is 10.2. The van der Waals surface area contributed by atoms with Crippen LogP contribution in [0.25, 0.3) is 0 Å². The van der Waals surface area contributed by atoms with Gasteiger partial charge in [-0.25, -0.2) is 0 Å². The molecule has 0 aromatic carbocycles. The Kier molecular flexibility index (Phi) is 4.01. The Hall–Kier alpha value is -0.810. The van der Waals surface area contributed by atoms with Crippen LogP contribution in [0, 0.1) is 0 Å². The van der Waals surface area contributed by atoms with Crippen molar-refractivity contribution in [1.29, 1.82) is 0 Å². The highest BCUT2D eigenvalue weighted by molar-refractivity contribution is 7.07. The molecule has 0 saturated heterocycles. The molecule has 0 bridgehead atoms. The van der Waals surface area contributed by atoms with Crippen LogP contribution in [-0.2, 0) is 6.54 Å². The first-order chi connectivity index (χ1) is 7.75. The zero-order valence-electron chi connectivity index (χ0n) is 8.52. The topological polar surface area (TPSA) is 45.4 Å². The maximum atomic E-state index is 9.78. The number of thiophene rings is 1. The molecule has 0 aliphatic rings. The van der Waals surface area contributed by atoms with Crippen LogP contribution in [0.3, 0.4) is 0 Å². The average Bonchev–Trinajstić information content (AvgIpc) is 2.89. The summed E-state index contributed by atoms with van der Waals surface area (Å²) in [5.41, 5.74) is 0.940. The van der Waals surface area contributed by atoms with Crippen LogP contribution in [0.2, 0.25) is 5.22 Å². The molecule has 0 aliphatic carbocycles. The fourth-order valence-corrected chi connectivity index (χ4v) is 2.23. The van der Waals surface area contributed by atoms with Gasteiger partial charge < -0.3 is 14.8 Å². The molecule has 1 atom stereocenters. The van der Waals surface area contributed by atoms with E-state index in [9.17, 15) is 5.11 Å². The number of nitrogens with one attached hydrogen (secondary N) is 1. The van der Waals surface area contributed by atoms with E-state index >= 15 is 0 Å². The maximum absolute atomic E-state index is 9.78.